The van der Waals surface area contributed by atoms with Crippen molar-refractivity contribution in [3.8, 4) is 0 Å². The van der Waals surface area contributed by atoms with Crippen LogP contribution in [0.4, 0.5) is 0 Å². The van der Waals surface area contributed by atoms with Crippen molar-refractivity contribution in [1.29, 1.82) is 0 Å². The van der Waals surface area contributed by atoms with Crippen LogP contribution in [0.15, 0.2) is 36.9 Å². The predicted octanol–water partition coefficient (Wildman–Crippen LogP) is 2.03. The SMILES string of the molecule is C=C[C@@H]1OCc2ccccc2[C@@H]1C(=O)OC. The van der Waals surface area contributed by atoms with Crippen LogP contribution in [0, 0.1) is 0 Å². The summed E-state index contributed by atoms with van der Waals surface area (Å²) in [5.74, 6) is -0.676. The van der Waals surface area contributed by atoms with E-state index in [1.54, 1.807) is 6.08 Å². The molecule has 1 aliphatic rings. The van der Waals surface area contributed by atoms with Crippen molar-refractivity contribution in [1.82, 2.24) is 0 Å². The van der Waals surface area contributed by atoms with Gasteiger partial charge in [-0.15, -0.1) is 6.58 Å². The fourth-order valence-electron chi connectivity index (χ4n) is 2.02. The average Bonchev–Trinajstić information content (AvgIpc) is 2.36. The zero-order chi connectivity index (χ0) is 11.5. The third-order valence-electron chi connectivity index (χ3n) is 2.84. The Morgan fingerprint density at radius 1 is 1.56 bits per heavy atom. The number of benzene rings is 1. The molecular weight excluding hydrogens is 204 g/mol. The third kappa shape index (κ3) is 1.74. The number of methoxy groups -OCH3 is 1. The minimum Gasteiger partial charge on any atom is -0.468 e. The molecule has 3 heteroatoms. The van der Waals surface area contributed by atoms with Gasteiger partial charge in [-0.1, -0.05) is 30.3 Å². The fraction of sp³-hybridized carbons (Fsp3) is 0.308. The smallest absolute Gasteiger partial charge is 0.316 e. The first-order valence-electron chi connectivity index (χ1n) is 5.17. The number of hydrogen-bond donors (Lipinski definition) is 0. The van der Waals surface area contributed by atoms with Gasteiger partial charge in [-0.05, 0) is 11.1 Å². The summed E-state index contributed by atoms with van der Waals surface area (Å²) >= 11 is 0. The van der Waals surface area contributed by atoms with E-state index >= 15 is 0 Å². The highest BCUT2D eigenvalue weighted by Gasteiger charge is 2.34. The first kappa shape index (κ1) is 10.9. The molecule has 2 atom stereocenters. The lowest BCUT2D eigenvalue weighted by molar-refractivity contribution is -0.146. The largest absolute Gasteiger partial charge is 0.468 e. The molecule has 0 saturated carbocycles. The van der Waals surface area contributed by atoms with Gasteiger partial charge < -0.3 is 9.47 Å². The Hall–Kier alpha value is -1.61. The van der Waals surface area contributed by atoms with E-state index in [1.807, 2.05) is 24.3 Å². The molecule has 2 rings (SSSR count). The normalized spacial score (nSPS) is 23.3. The predicted molar refractivity (Wildman–Crippen MR) is 60.0 cm³/mol. The minimum atomic E-state index is -0.396. The molecule has 1 aromatic carbocycles. The summed E-state index contributed by atoms with van der Waals surface area (Å²) < 4.78 is 10.4. The summed E-state index contributed by atoms with van der Waals surface area (Å²) in [5.41, 5.74) is 2.02. The van der Waals surface area contributed by atoms with Gasteiger partial charge in [-0.3, -0.25) is 4.79 Å². The van der Waals surface area contributed by atoms with Gasteiger partial charge in [0.05, 0.1) is 19.8 Å². The molecule has 0 unspecified atom stereocenters. The van der Waals surface area contributed by atoms with Crippen LogP contribution in [0.1, 0.15) is 17.0 Å². The summed E-state index contributed by atoms with van der Waals surface area (Å²) in [7, 11) is 1.39. The third-order valence-corrected chi connectivity index (χ3v) is 2.84. The average molecular weight is 218 g/mol. The van der Waals surface area contributed by atoms with Gasteiger partial charge in [0, 0.05) is 0 Å². The van der Waals surface area contributed by atoms with Gasteiger partial charge in [0.2, 0.25) is 0 Å². The highest BCUT2D eigenvalue weighted by Crippen LogP contribution is 2.32. The Labute approximate surface area is 94.7 Å². The molecule has 0 spiro atoms. The van der Waals surface area contributed by atoms with E-state index in [-0.39, 0.29) is 12.1 Å². The van der Waals surface area contributed by atoms with Crippen molar-refractivity contribution >= 4 is 5.97 Å². The van der Waals surface area contributed by atoms with Gasteiger partial charge in [-0.2, -0.15) is 0 Å². The molecule has 0 aromatic heterocycles. The molecule has 0 radical (unpaired) electrons. The molecule has 16 heavy (non-hydrogen) atoms. The molecule has 0 aliphatic carbocycles. The van der Waals surface area contributed by atoms with Crippen LogP contribution in [-0.2, 0) is 20.9 Å². The summed E-state index contributed by atoms with van der Waals surface area (Å²) in [6.07, 6.45) is 1.35. The van der Waals surface area contributed by atoms with Crippen molar-refractivity contribution in [3.63, 3.8) is 0 Å². The number of rotatable bonds is 2. The van der Waals surface area contributed by atoms with Gasteiger partial charge in [0.15, 0.2) is 0 Å². The van der Waals surface area contributed by atoms with E-state index in [2.05, 4.69) is 6.58 Å². The molecular formula is C13H14O3. The lowest BCUT2D eigenvalue weighted by Crippen LogP contribution is -2.32. The quantitative estimate of drug-likeness (QED) is 0.563. The van der Waals surface area contributed by atoms with Crippen molar-refractivity contribution in [3.05, 3.63) is 48.0 Å². The van der Waals surface area contributed by atoms with Crippen molar-refractivity contribution in [2.75, 3.05) is 7.11 Å². The molecule has 0 fully saturated rings. The monoisotopic (exact) mass is 218 g/mol. The first-order valence-corrected chi connectivity index (χ1v) is 5.17. The number of hydrogen-bond acceptors (Lipinski definition) is 3. The molecule has 0 N–H and O–H groups in total. The highest BCUT2D eigenvalue weighted by molar-refractivity contribution is 5.80. The molecule has 0 saturated heterocycles. The molecule has 3 nitrogen and oxygen atoms in total. The van der Waals surface area contributed by atoms with Gasteiger partial charge >= 0.3 is 5.97 Å². The molecule has 84 valence electrons. The fourth-order valence-corrected chi connectivity index (χ4v) is 2.02. The van der Waals surface area contributed by atoms with Crippen LogP contribution < -0.4 is 0 Å². The summed E-state index contributed by atoms with van der Waals surface area (Å²) in [5, 5.41) is 0. The Morgan fingerprint density at radius 2 is 2.31 bits per heavy atom. The zero-order valence-corrected chi connectivity index (χ0v) is 9.18. The Morgan fingerprint density at radius 3 is 3.00 bits per heavy atom. The van der Waals surface area contributed by atoms with Crippen molar-refractivity contribution in [2.24, 2.45) is 0 Å². The van der Waals surface area contributed by atoms with Crippen LogP contribution in [0.25, 0.3) is 0 Å². The molecule has 0 bridgehead atoms. The Bertz CT molecular complexity index is 411. The summed E-state index contributed by atoms with van der Waals surface area (Å²) in [6, 6.07) is 7.76. The topological polar surface area (TPSA) is 35.5 Å². The molecule has 0 amide bonds. The maximum absolute atomic E-state index is 11.7. The Balaban J connectivity index is 2.44. The molecule has 1 aliphatic heterocycles. The maximum Gasteiger partial charge on any atom is 0.316 e. The van der Waals surface area contributed by atoms with Gasteiger partial charge in [0.1, 0.15) is 5.92 Å². The van der Waals surface area contributed by atoms with Gasteiger partial charge in [-0.25, -0.2) is 0 Å². The zero-order valence-electron chi connectivity index (χ0n) is 9.18. The minimum absolute atomic E-state index is 0.281. The van der Waals surface area contributed by atoms with Crippen molar-refractivity contribution < 1.29 is 14.3 Å². The lowest BCUT2D eigenvalue weighted by Gasteiger charge is -2.29. The second-order valence-corrected chi connectivity index (χ2v) is 3.71. The summed E-state index contributed by atoms with van der Waals surface area (Å²) in [6.45, 7) is 4.21. The van der Waals surface area contributed by atoms with E-state index < -0.39 is 5.92 Å². The van der Waals surface area contributed by atoms with Gasteiger partial charge in [0.25, 0.3) is 0 Å². The van der Waals surface area contributed by atoms with Crippen LogP contribution in [-0.4, -0.2) is 19.2 Å². The highest BCUT2D eigenvalue weighted by atomic mass is 16.5. The van der Waals surface area contributed by atoms with E-state index in [0.717, 1.165) is 11.1 Å². The standard InChI is InChI=1S/C13H14O3/c1-3-11-12(13(14)15-2)10-7-5-4-6-9(10)8-16-11/h3-7,11-12H,1,8H2,2H3/t11-,12-/m0/s1. The van der Waals surface area contributed by atoms with Crippen LogP contribution >= 0.6 is 0 Å². The molecule has 1 heterocycles. The number of ether oxygens (including phenoxy) is 2. The number of carbonyl (C=O) groups excluding carboxylic acids is 1. The molecule has 1 aromatic rings. The number of esters is 1. The summed E-state index contributed by atoms with van der Waals surface area (Å²) in [4.78, 5) is 11.7. The van der Waals surface area contributed by atoms with Crippen LogP contribution in [0.5, 0.6) is 0 Å². The number of fused-ring (bicyclic) bond motifs is 1. The van der Waals surface area contributed by atoms with Crippen LogP contribution in [0.2, 0.25) is 0 Å². The first-order chi connectivity index (χ1) is 7.77. The van der Waals surface area contributed by atoms with E-state index in [9.17, 15) is 4.79 Å². The van der Waals surface area contributed by atoms with E-state index in [0.29, 0.717) is 6.61 Å². The van der Waals surface area contributed by atoms with E-state index in [4.69, 9.17) is 9.47 Å². The lowest BCUT2D eigenvalue weighted by atomic mass is 9.87. The second kappa shape index (κ2) is 4.49. The van der Waals surface area contributed by atoms with E-state index in [1.165, 1.54) is 7.11 Å². The Kier molecular flexibility index (Phi) is 3.06. The number of carbonyl (C=O) groups is 1. The van der Waals surface area contributed by atoms with Crippen molar-refractivity contribution in [2.45, 2.75) is 18.6 Å². The van der Waals surface area contributed by atoms with Crippen LogP contribution in [0.3, 0.4) is 0 Å². The second-order valence-electron chi connectivity index (χ2n) is 3.71. The maximum atomic E-state index is 11.7.